The lowest BCUT2D eigenvalue weighted by atomic mass is 10.0. The third kappa shape index (κ3) is 2.98. The third-order valence-electron chi connectivity index (χ3n) is 3.37. The lowest BCUT2D eigenvalue weighted by Gasteiger charge is -2.09. The van der Waals surface area contributed by atoms with E-state index in [-0.39, 0.29) is 6.61 Å². The van der Waals surface area contributed by atoms with Gasteiger partial charge in [0.15, 0.2) is 0 Å². The first-order valence-corrected chi connectivity index (χ1v) is 6.97. The number of aromatic nitrogens is 2. The first kappa shape index (κ1) is 13.5. The van der Waals surface area contributed by atoms with E-state index >= 15 is 0 Å². The summed E-state index contributed by atoms with van der Waals surface area (Å²) in [6.07, 6.45) is 0.569. The molecule has 0 bridgehead atoms. The zero-order valence-electron chi connectivity index (χ0n) is 11.6. The molecular formula is C18H16N2O. The number of hydrogen-bond donors (Lipinski definition) is 1. The topological polar surface area (TPSA) is 46.0 Å². The van der Waals surface area contributed by atoms with E-state index in [9.17, 15) is 5.11 Å². The Balaban J connectivity index is 2.07. The Labute approximate surface area is 123 Å². The van der Waals surface area contributed by atoms with E-state index < -0.39 is 0 Å². The van der Waals surface area contributed by atoms with Crippen LogP contribution in [0.1, 0.15) is 5.56 Å². The van der Waals surface area contributed by atoms with Crippen LogP contribution in [0.5, 0.6) is 0 Å². The third-order valence-corrected chi connectivity index (χ3v) is 3.37. The summed E-state index contributed by atoms with van der Waals surface area (Å²) in [5.74, 6) is 0. The van der Waals surface area contributed by atoms with Gasteiger partial charge in [0.2, 0.25) is 0 Å². The van der Waals surface area contributed by atoms with E-state index in [4.69, 9.17) is 0 Å². The molecule has 1 aromatic heterocycles. The molecule has 0 radical (unpaired) electrons. The summed E-state index contributed by atoms with van der Waals surface area (Å²) in [4.78, 5) is 0. The summed E-state index contributed by atoms with van der Waals surface area (Å²) in [5, 5.41) is 18.0. The highest BCUT2D eigenvalue weighted by Crippen LogP contribution is 2.25. The average Bonchev–Trinajstić information content (AvgIpc) is 2.57. The van der Waals surface area contributed by atoms with E-state index in [0.29, 0.717) is 6.42 Å². The van der Waals surface area contributed by atoms with Crippen LogP contribution >= 0.6 is 0 Å². The van der Waals surface area contributed by atoms with Gasteiger partial charge in [-0.25, -0.2) is 0 Å². The largest absolute Gasteiger partial charge is 0.396 e. The summed E-state index contributed by atoms with van der Waals surface area (Å²) < 4.78 is 0. The first-order valence-electron chi connectivity index (χ1n) is 6.97. The minimum Gasteiger partial charge on any atom is -0.396 e. The summed E-state index contributed by atoms with van der Waals surface area (Å²) >= 11 is 0. The fraction of sp³-hybridized carbons (Fsp3) is 0.111. The summed E-state index contributed by atoms with van der Waals surface area (Å²) in [6, 6.07) is 21.9. The second-order valence-electron chi connectivity index (χ2n) is 4.81. The van der Waals surface area contributed by atoms with Crippen LogP contribution in [-0.4, -0.2) is 21.9 Å². The molecule has 0 amide bonds. The van der Waals surface area contributed by atoms with Gasteiger partial charge in [-0.05, 0) is 18.1 Å². The smallest absolute Gasteiger partial charge is 0.0962 e. The highest BCUT2D eigenvalue weighted by atomic mass is 16.2. The number of aliphatic hydroxyl groups excluding tert-OH is 1. The maximum Gasteiger partial charge on any atom is 0.0962 e. The van der Waals surface area contributed by atoms with Gasteiger partial charge in [-0.3, -0.25) is 0 Å². The van der Waals surface area contributed by atoms with E-state index in [0.717, 1.165) is 28.1 Å². The Kier molecular flexibility index (Phi) is 4.03. The standard InChI is InChI=1S/C18H16N2O/c21-12-11-16-13-17(14-7-3-1-4-8-14)19-20-18(16)15-9-5-2-6-10-15/h1-10,13,21H,11-12H2. The molecule has 1 N–H and O–H groups in total. The number of benzene rings is 2. The van der Waals surface area contributed by atoms with Crippen LogP contribution in [0.25, 0.3) is 22.5 Å². The van der Waals surface area contributed by atoms with Crippen LogP contribution in [0.4, 0.5) is 0 Å². The number of nitrogens with zero attached hydrogens (tertiary/aromatic N) is 2. The molecule has 0 aliphatic heterocycles. The fourth-order valence-electron chi connectivity index (χ4n) is 2.33. The van der Waals surface area contributed by atoms with E-state index in [2.05, 4.69) is 10.2 Å². The van der Waals surface area contributed by atoms with Crippen LogP contribution < -0.4 is 0 Å². The van der Waals surface area contributed by atoms with Crippen molar-refractivity contribution >= 4 is 0 Å². The van der Waals surface area contributed by atoms with E-state index in [1.807, 2.05) is 66.7 Å². The van der Waals surface area contributed by atoms with Gasteiger partial charge in [-0.1, -0.05) is 60.7 Å². The summed E-state index contributed by atoms with van der Waals surface area (Å²) in [5.41, 5.74) is 4.73. The molecule has 0 fully saturated rings. The van der Waals surface area contributed by atoms with Gasteiger partial charge in [-0.15, -0.1) is 10.2 Å². The molecule has 0 saturated carbocycles. The number of aliphatic hydroxyl groups is 1. The minimum atomic E-state index is 0.0970. The zero-order valence-corrected chi connectivity index (χ0v) is 11.6. The van der Waals surface area contributed by atoms with Gasteiger partial charge in [0.25, 0.3) is 0 Å². The lowest BCUT2D eigenvalue weighted by Crippen LogP contribution is -2.00. The van der Waals surface area contributed by atoms with Crippen molar-refractivity contribution in [1.29, 1.82) is 0 Å². The Hall–Kier alpha value is -2.52. The van der Waals surface area contributed by atoms with Crippen molar-refractivity contribution in [3.8, 4) is 22.5 Å². The average molecular weight is 276 g/mol. The molecule has 1 heterocycles. The van der Waals surface area contributed by atoms with Crippen molar-refractivity contribution in [2.24, 2.45) is 0 Å². The Morgan fingerprint density at radius 2 is 1.38 bits per heavy atom. The normalized spacial score (nSPS) is 10.5. The molecule has 3 nitrogen and oxygen atoms in total. The zero-order chi connectivity index (χ0) is 14.5. The SMILES string of the molecule is OCCc1cc(-c2ccccc2)nnc1-c1ccccc1. The van der Waals surface area contributed by atoms with Gasteiger partial charge < -0.3 is 5.11 Å². The molecule has 104 valence electrons. The Bertz CT molecular complexity index is 712. The fourth-order valence-corrected chi connectivity index (χ4v) is 2.33. The Morgan fingerprint density at radius 3 is 2.00 bits per heavy atom. The molecule has 3 aromatic rings. The number of rotatable bonds is 4. The molecule has 0 saturated heterocycles. The maximum absolute atomic E-state index is 9.30. The highest BCUT2D eigenvalue weighted by Gasteiger charge is 2.10. The summed E-state index contributed by atoms with van der Waals surface area (Å²) in [7, 11) is 0. The quantitative estimate of drug-likeness (QED) is 0.795. The summed E-state index contributed by atoms with van der Waals surface area (Å²) in [6.45, 7) is 0.0970. The predicted octanol–water partition coefficient (Wildman–Crippen LogP) is 3.35. The molecule has 2 aromatic carbocycles. The van der Waals surface area contributed by atoms with E-state index in [1.54, 1.807) is 0 Å². The van der Waals surface area contributed by atoms with Gasteiger partial charge in [0, 0.05) is 17.7 Å². The molecule has 3 heteroatoms. The second-order valence-corrected chi connectivity index (χ2v) is 4.81. The first-order chi connectivity index (χ1) is 10.4. The van der Waals surface area contributed by atoms with Gasteiger partial charge in [-0.2, -0.15) is 0 Å². The van der Waals surface area contributed by atoms with Crippen LogP contribution in [0.3, 0.4) is 0 Å². The number of hydrogen-bond acceptors (Lipinski definition) is 3. The molecule has 21 heavy (non-hydrogen) atoms. The van der Waals surface area contributed by atoms with Gasteiger partial charge in [0.05, 0.1) is 11.4 Å². The van der Waals surface area contributed by atoms with Crippen molar-refractivity contribution < 1.29 is 5.11 Å². The molecule has 0 unspecified atom stereocenters. The molecule has 0 aliphatic carbocycles. The van der Waals surface area contributed by atoms with Crippen LogP contribution in [0.15, 0.2) is 66.7 Å². The van der Waals surface area contributed by atoms with Crippen LogP contribution in [-0.2, 0) is 6.42 Å². The minimum absolute atomic E-state index is 0.0970. The predicted molar refractivity (Wildman–Crippen MR) is 83.7 cm³/mol. The molecular weight excluding hydrogens is 260 g/mol. The van der Waals surface area contributed by atoms with Crippen LogP contribution in [0, 0.1) is 0 Å². The van der Waals surface area contributed by atoms with Crippen molar-refractivity contribution in [3.05, 3.63) is 72.3 Å². The molecule has 3 rings (SSSR count). The maximum atomic E-state index is 9.30. The lowest BCUT2D eigenvalue weighted by molar-refractivity contribution is 0.299. The molecule has 0 spiro atoms. The molecule has 0 aliphatic rings. The van der Waals surface area contributed by atoms with Crippen molar-refractivity contribution in [1.82, 2.24) is 10.2 Å². The van der Waals surface area contributed by atoms with Crippen molar-refractivity contribution in [3.63, 3.8) is 0 Å². The monoisotopic (exact) mass is 276 g/mol. The van der Waals surface area contributed by atoms with Crippen LogP contribution in [0.2, 0.25) is 0 Å². The van der Waals surface area contributed by atoms with E-state index in [1.165, 1.54) is 0 Å². The highest BCUT2D eigenvalue weighted by molar-refractivity contribution is 5.67. The molecule has 0 atom stereocenters. The van der Waals surface area contributed by atoms with Crippen molar-refractivity contribution in [2.45, 2.75) is 6.42 Å². The van der Waals surface area contributed by atoms with Gasteiger partial charge >= 0.3 is 0 Å². The Morgan fingerprint density at radius 1 is 0.762 bits per heavy atom. The van der Waals surface area contributed by atoms with Gasteiger partial charge in [0.1, 0.15) is 0 Å². The second kappa shape index (κ2) is 6.29. The van der Waals surface area contributed by atoms with Crippen molar-refractivity contribution in [2.75, 3.05) is 6.61 Å².